The van der Waals surface area contributed by atoms with E-state index in [0.717, 1.165) is 21.2 Å². The monoisotopic (exact) mass is 554 g/mol. The molecule has 37 heavy (non-hydrogen) atoms. The highest BCUT2D eigenvalue weighted by atomic mass is 79.9. The molecule has 0 saturated carbocycles. The lowest BCUT2D eigenvalue weighted by Crippen LogP contribution is -2.24. The zero-order valence-corrected chi connectivity index (χ0v) is 21.3. The standard InChI is InChI=1S/C30H23BrN2O4/c31-26-14-17-28(37-30(35)18-11-22-7-3-1-4-8-22)25(19-26)20-32-33-29(34)21-36-27-15-12-24(13-16-27)23-9-5-2-6-10-23/h1-20H,21H2,(H,33,34)/b18-11+,32-20+. The fourth-order valence-corrected chi connectivity index (χ4v) is 3.69. The number of halogens is 1. The second-order valence-electron chi connectivity index (χ2n) is 7.82. The maximum absolute atomic E-state index is 12.3. The van der Waals surface area contributed by atoms with Gasteiger partial charge in [-0.25, -0.2) is 10.2 Å². The molecule has 0 unspecified atom stereocenters. The predicted octanol–water partition coefficient (Wildman–Crippen LogP) is 6.26. The fraction of sp³-hybridized carbons (Fsp3) is 0.0333. The average molecular weight is 555 g/mol. The lowest BCUT2D eigenvalue weighted by Gasteiger charge is -2.07. The van der Waals surface area contributed by atoms with Crippen molar-refractivity contribution in [3.8, 4) is 22.6 Å². The molecule has 0 atom stereocenters. The van der Waals surface area contributed by atoms with Crippen LogP contribution in [0.1, 0.15) is 11.1 Å². The van der Waals surface area contributed by atoms with Crippen molar-refractivity contribution in [2.75, 3.05) is 6.61 Å². The van der Waals surface area contributed by atoms with Gasteiger partial charge in [0.1, 0.15) is 11.5 Å². The van der Waals surface area contributed by atoms with Crippen LogP contribution in [0.2, 0.25) is 0 Å². The van der Waals surface area contributed by atoms with Gasteiger partial charge >= 0.3 is 5.97 Å². The predicted molar refractivity (Wildman–Crippen MR) is 148 cm³/mol. The molecule has 0 bridgehead atoms. The number of benzene rings is 4. The van der Waals surface area contributed by atoms with Crippen LogP contribution in [0.4, 0.5) is 0 Å². The number of ether oxygens (including phenoxy) is 2. The molecule has 4 aromatic rings. The van der Waals surface area contributed by atoms with Gasteiger partial charge in [-0.1, -0.05) is 88.7 Å². The lowest BCUT2D eigenvalue weighted by molar-refractivity contribution is -0.129. The van der Waals surface area contributed by atoms with Crippen LogP contribution in [0.15, 0.2) is 119 Å². The first-order chi connectivity index (χ1) is 18.1. The molecule has 0 heterocycles. The summed E-state index contributed by atoms with van der Waals surface area (Å²) in [6.07, 6.45) is 4.43. The van der Waals surface area contributed by atoms with Gasteiger partial charge in [-0.15, -0.1) is 0 Å². The summed E-state index contributed by atoms with van der Waals surface area (Å²) in [5.41, 5.74) is 5.97. The van der Waals surface area contributed by atoms with Gasteiger partial charge in [0.2, 0.25) is 0 Å². The number of nitrogens with one attached hydrogen (secondary N) is 1. The summed E-state index contributed by atoms with van der Waals surface area (Å²) in [6, 6.07) is 32.0. The Kier molecular flexibility index (Phi) is 8.99. The van der Waals surface area contributed by atoms with E-state index in [9.17, 15) is 9.59 Å². The summed E-state index contributed by atoms with van der Waals surface area (Å²) in [7, 11) is 0. The van der Waals surface area contributed by atoms with Crippen molar-refractivity contribution >= 4 is 40.1 Å². The van der Waals surface area contributed by atoms with Crippen molar-refractivity contribution in [2.24, 2.45) is 5.10 Å². The zero-order valence-electron chi connectivity index (χ0n) is 19.7. The van der Waals surface area contributed by atoms with E-state index < -0.39 is 11.9 Å². The second kappa shape index (κ2) is 13.0. The summed E-state index contributed by atoms with van der Waals surface area (Å²) < 4.78 is 11.8. The van der Waals surface area contributed by atoms with E-state index in [1.54, 1.807) is 24.3 Å². The Morgan fingerprint density at radius 3 is 2.24 bits per heavy atom. The Balaban J connectivity index is 1.30. The Morgan fingerprint density at radius 2 is 1.51 bits per heavy atom. The van der Waals surface area contributed by atoms with Crippen molar-refractivity contribution in [1.82, 2.24) is 5.43 Å². The van der Waals surface area contributed by atoms with Gasteiger partial charge in [0.05, 0.1) is 6.21 Å². The van der Waals surface area contributed by atoms with Crippen molar-refractivity contribution in [1.29, 1.82) is 0 Å². The normalized spacial score (nSPS) is 10.9. The largest absolute Gasteiger partial charge is 0.484 e. The molecule has 7 heteroatoms. The quantitative estimate of drug-likeness (QED) is 0.0870. The minimum Gasteiger partial charge on any atom is -0.484 e. The SMILES string of the molecule is O=C(COc1ccc(-c2ccccc2)cc1)N/N=C/c1cc(Br)ccc1OC(=O)/C=C/c1ccccc1. The smallest absolute Gasteiger partial charge is 0.336 e. The van der Waals surface area contributed by atoms with Gasteiger partial charge in [0.25, 0.3) is 5.91 Å². The number of amides is 1. The number of nitrogens with zero attached hydrogens (tertiary/aromatic N) is 1. The summed E-state index contributed by atoms with van der Waals surface area (Å²) in [6.45, 7) is -0.202. The zero-order chi connectivity index (χ0) is 25.9. The van der Waals surface area contributed by atoms with Crippen molar-refractivity contribution in [3.05, 3.63) is 125 Å². The second-order valence-corrected chi connectivity index (χ2v) is 8.74. The van der Waals surface area contributed by atoms with Crippen LogP contribution in [0.25, 0.3) is 17.2 Å². The molecule has 0 aliphatic heterocycles. The van der Waals surface area contributed by atoms with Gasteiger partial charge in [-0.3, -0.25) is 4.79 Å². The van der Waals surface area contributed by atoms with Gasteiger partial charge < -0.3 is 9.47 Å². The van der Waals surface area contributed by atoms with E-state index >= 15 is 0 Å². The van der Waals surface area contributed by atoms with E-state index in [-0.39, 0.29) is 6.61 Å². The number of hydrazone groups is 1. The van der Waals surface area contributed by atoms with Crippen molar-refractivity contribution in [2.45, 2.75) is 0 Å². The fourth-order valence-electron chi connectivity index (χ4n) is 3.31. The van der Waals surface area contributed by atoms with Crippen LogP contribution < -0.4 is 14.9 Å². The van der Waals surface area contributed by atoms with E-state index in [1.165, 1.54) is 12.3 Å². The van der Waals surface area contributed by atoms with Crippen LogP contribution in [-0.2, 0) is 9.59 Å². The first-order valence-corrected chi connectivity index (χ1v) is 12.2. The molecule has 6 nitrogen and oxygen atoms in total. The minimum absolute atomic E-state index is 0.202. The summed E-state index contributed by atoms with van der Waals surface area (Å²) in [5.74, 6) is -0.0820. The van der Waals surface area contributed by atoms with E-state index in [2.05, 4.69) is 26.5 Å². The summed E-state index contributed by atoms with van der Waals surface area (Å²) in [4.78, 5) is 24.5. The summed E-state index contributed by atoms with van der Waals surface area (Å²) >= 11 is 3.39. The number of hydrogen-bond donors (Lipinski definition) is 1. The van der Waals surface area contributed by atoms with Gasteiger partial charge in [0.15, 0.2) is 6.61 Å². The first kappa shape index (κ1) is 25.6. The molecule has 0 aliphatic rings. The third-order valence-corrected chi connectivity index (χ3v) is 5.61. The topological polar surface area (TPSA) is 77.0 Å². The maximum atomic E-state index is 12.3. The third kappa shape index (κ3) is 8.02. The van der Waals surface area contributed by atoms with Crippen LogP contribution in [-0.4, -0.2) is 24.7 Å². The minimum atomic E-state index is -0.531. The molecule has 4 rings (SSSR count). The van der Waals surface area contributed by atoms with Crippen LogP contribution in [0.5, 0.6) is 11.5 Å². The van der Waals surface area contributed by atoms with Crippen LogP contribution in [0.3, 0.4) is 0 Å². The Bertz CT molecular complexity index is 1400. The highest BCUT2D eigenvalue weighted by molar-refractivity contribution is 9.10. The molecule has 0 radical (unpaired) electrons. The molecular formula is C30H23BrN2O4. The lowest BCUT2D eigenvalue weighted by atomic mass is 10.1. The number of esters is 1. The number of carbonyl (C=O) groups is 2. The molecule has 0 spiro atoms. The van der Waals surface area contributed by atoms with E-state index in [1.807, 2.05) is 84.9 Å². The van der Waals surface area contributed by atoms with Gasteiger partial charge in [-0.05, 0) is 53.1 Å². The van der Waals surface area contributed by atoms with Crippen molar-refractivity contribution < 1.29 is 19.1 Å². The van der Waals surface area contributed by atoms with E-state index in [0.29, 0.717) is 17.1 Å². The highest BCUT2D eigenvalue weighted by Gasteiger charge is 2.08. The number of carbonyl (C=O) groups excluding carboxylic acids is 2. The molecule has 1 N–H and O–H groups in total. The Hall–Kier alpha value is -4.49. The first-order valence-electron chi connectivity index (χ1n) is 11.4. The Morgan fingerprint density at radius 1 is 0.838 bits per heavy atom. The molecule has 0 fully saturated rings. The highest BCUT2D eigenvalue weighted by Crippen LogP contribution is 2.23. The average Bonchev–Trinajstić information content (AvgIpc) is 2.93. The molecule has 1 amide bonds. The Labute approximate surface area is 223 Å². The van der Waals surface area contributed by atoms with Crippen molar-refractivity contribution in [3.63, 3.8) is 0 Å². The molecule has 0 aliphatic carbocycles. The molecule has 184 valence electrons. The number of rotatable bonds is 9. The van der Waals surface area contributed by atoms with Gasteiger partial charge in [-0.2, -0.15) is 5.10 Å². The van der Waals surface area contributed by atoms with Crippen LogP contribution >= 0.6 is 15.9 Å². The molecule has 0 aromatic heterocycles. The molecule has 4 aromatic carbocycles. The molecule has 0 saturated heterocycles. The van der Waals surface area contributed by atoms with Gasteiger partial charge in [0, 0.05) is 16.1 Å². The molecular weight excluding hydrogens is 532 g/mol. The number of hydrogen-bond acceptors (Lipinski definition) is 5. The third-order valence-electron chi connectivity index (χ3n) is 5.12. The van der Waals surface area contributed by atoms with E-state index in [4.69, 9.17) is 9.47 Å². The maximum Gasteiger partial charge on any atom is 0.336 e. The summed E-state index contributed by atoms with van der Waals surface area (Å²) in [5, 5.41) is 3.98. The van der Waals surface area contributed by atoms with Crippen LogP contribution in [0, 0.1) is 0 Å².